The van der Waals surface area contributed by atoms with Crippen molar-refractivity contribution < 1.29 is 14.9 Å². The molecule has 0 heterocycles. The summed E-state index contributed by atoms with van der Waals surface area (Å²) in [6, 6.07) is 7.61. The lowest BCUT2D eigenvalue weighted by molar-refractivity contribution is 0.169. The number of hydrogen-bond acceptors (Lipinski definition) is 3. The minimum atomic E-state index is -0.433. The van der Waals surface area contributed by atoms with Crippen LogP contribution in [0.1, 0.15) is 50.7 Å². The van der Waals surface area contributed by atoms with Crippen LogP contribution in [0, 0.1) is 3.57 Å². The number of phenols is 1. The van der Waals surface area contributed by atoms with Gasteiger partial charge < -0.3 is 14.9 Å². The standard InChI is InChI=1S/C19H21Br2IO3/c1-9(2)14-7-13(8-17(22)18(14)24)25-19-15(20)5-12(6-16(19)21)10(3)11(4)23/h5-11,23-24H,1-4H3. The Labute approximate surface area is 179 Å². The summed E-state index contributed by atoms with van der Waals surface area (Å²) in [5.41, 5.74) is 1.87. The van der Waals surface area contributed by atoms with Gasteiger partial charge >= 0.3 is 0 Å². The number of benzene rings is 2. The maximum atomic E-state index is 10.2. The number of ether oxygens (including phenoxy) is 1. The van der Waals surface area contributed by atoms with Gasteiger partial charge in [-0.05, 0) is 97.1 Å². The number of aromatic hydroxyl groups is 1. The van der Waals surface area contributed by atoms with Crippen molar-refractivity contribution in [2.75, 3.05) is 0 Å². The van der Waals surface area contributed by atoms with Crippen LogP contribution >= 0.6 is 54.5 Å². The highest BCUT2D eigenvalue weighted by Gasteiger charge is 2.18. The van der Waals surface area contributed by atoms with Crippen LogP contribution in [0.2, 0.25) is 0 Å². The Balaban J connectivity index is 2.41. The summed E-state index contributed by atoms with van der Waals surface area (Å²) in [5.74, 6) is 1.85. The summed E-state index contributed by atoms with van der Waals surface area (Å²) in [7, 11) is 0. The Morgan fingerprint density at radius 3 is 2.04 bits per heavy atom. The number of hydrogen-bond donors (Lipinski definition) is 2. The largest absolute Gasteiger partial charge is 0.507 e. The molecule has 0 spiro atoms. The van der Waals surface area contributed by atoms with Gasteiger partial charge in [0.15, 0.2) is 5.75 Å². The lowest BCUT2D eigenvalue weighted by Gasteiger charge is -2.19. The van der Waals surface area contributed by atoms with Crippen molar-refractivity contribution in [2.45, 2.75) is 45.6 Å². The van der Waals surface area contributed by atoms with E-state index in [1.165, 1.54) is 0 Å². The molecule has 0 amide bonds. The van der Waals surface area contributed by atoms with Gasteiger partial charge in [0.05, 0.1) is 18.6 Å². The van der Waals surface area contributed by atoms with Crippen LogP contribution in [0.15, 0.2) is 33.2 Å². The molecular formula is C19H21Br2IO3. The fourth-order valence-corrected chi connectivity index (χ4v) is 4.43. The molecule has 0 aliphatic heterocycles. The molecule has 25 heavy (non-hydrogen) atoms. The first kappa shape index (κ1) is 21.0. The molecule has 2 atom stereocenters. The smallest absolute Gasteiger partial charge is 0.155 e. The minimum Gasteiger partial charge on any atom is -0.507 e. The van der Waals surface area contributed by atoms with Crippen molar-refractivity contribution in [2.24, 2.45) is 0 Å². The summed E-state index contributed by atoms with van der Waals surface area (Å²) < 4.78 is 8.45. The number of rotatable bonds is 5. The van der Waals surface area contributed by atoms with E-state index in [0.717, 1.165) is 23.6 Å². The van der Waals surface area contributed by atoms with Crippen LogP contribution in [0.4, 0.5) is 0 Å². The Morgan fingerprint density at radius 2 is 1.56 bits per heavy atom. The summed E-state index contributed by atoms with van der Waals surface area (Å²) in [5, 5.41) is 20.0. The average Bonchev–Trinajstić information content (AvgIpc) is 2.52. The molecule has 3 nitrogen and oxygen atoms in total. The zero-order valence-corrected chi connectivity index (χ0v) is 19.8. The molecule has 2 N–H and O–H groups in total. The van der Waals surface area contributed by atoms with E-state index in [0.29, 0.717) is 17.2 Å². The molecule has 0 bridgehead atoms. The van der Waals surface area contributed by atoms with Gasteiger partial charge in [-0.2, -0.15) is 0 Å². The van der Waals surface area contributed by atoms with E-state index in [1.807, 2.05) is 45.0 Å². The number of aliphatic hydroxyl groups excluding tert-OH is 1. The first-order valence-corrected chi connectivity index (χ1v) is 10.7. The van der Waals surface area contributed by atoms with Crippen LogP contribution in [0.5, 0.6) is 17.2 Å². The maximum absolute atomic E-state index is 10.2. The lowest BCUT2D eigenvalue weighted by atomic mass is 9.96. The van der Waals surface area contributed by atoms with E-state index in [2.05, 4.69) is 54.5 Å². The second kappa shape index (κ2) is 8.59. The molecule has 0 radical (unpaired) electrons. The number of halogens is 3. The Kier molecular flexibility index (Phi) is 7.21. The summed E-state index contributed by atoms with van der Waals surface area (Å²) in [6.07, 6.45) is -0.433. The van der Waals surface area contributed by atoms with Gasteiger partial charge in [-0.3, -0.25) is 0 Å². The van der Waals surface area contributed by atoms with Crippen LogP contribution in [-0.4, -0.2) is 16.3 Å². The molecule has 0 aliphatic carbocycles. The van der Waals surface area contributed by atoms with Gasteiger partial charge in [-0.15, -0.1) is 0 Å². The van der Waals surface area contributed by atoms with Gasteiger partial charge in [0.1, 0.15) is 11.5 Å². The van der Waals surface area contributed by atoms with E-state index in [4.69, 9.17) is 4.74 Å². The van der Waals surface area contributed by atoms with Crippen molar-refractivity contribution in [3.8, 4) is 17.2 Å². The first-order chi connectivity index (χ1) is 11.6. The topological polar surface area (TPSA) is 49.7 Å². The molecule has 6 heteroatoms. The summed E-state index contributed by atoms with van der Waals surface area (Å²) >= 11 is 9.24. The summed E-state index contributed by atoms with van der Waals surface area (Å²) in [4.78, 5) is 0. The molecule has 2 rings (SSSR count). The van der Waals surface area contributed by atoms with Crippen molar-refractivity contribution in [3.05, 3.63) is 47.9 Å². The molecule has 0 aliphatic rings. The van der Waals surface area contributed by atoms with Gasteiger partial charge in [0, 0.05) is 11.5 Å². The Hall–Kier alpha value is -0.310. The first-order valence-electron chi connectivity index (χ1n) is 7.99. The molecule has 2 aromatic carbocycles. The van der Waals surface area contributed by atoms with Gasteiger partial charge in [0.25, 0.3) is 0 Å². The highest BCUT2D eigenvalue weighted by molar-refractivity contribution is 14.1. The highest BCUT2D eigenvalue weighted by atomic mass is 127. The molecule has 0 saturated heterocycles. The zero-order chi connectivity index (χ0) is 18.9. The van der Waals surface area contributed by atoms with Crippen LogP contribution in [0.3, 0.4) is 0 Å². The molecule has 0 saturated carbocycles. The SMILES string of the molecule is CC(C)c1cc(Oc2c(Br)cc(C(C)C(C)O)cc2Br)cc(I)c1O. The van der Waals surface area contributed by atoms with Crippen molar-refractivity contribution in [1.29, 1.82) is 0 Å². The van der Waals surface area contributed by atoms with Crippen LogP contribution < -0.4 is 4.74 Å². The van der Waals surface area contributed by atoms with Crippen molar-refractivity contribution in [3.63, 3.8) is 0 Å². The Morgan fingerprint density at radius 1 is 1.00 bits per heavy atom. The van der Waals surface area contributed by atoms with Gasteiger partial charge in [-0.25, -0.2) is 0 Å². The zero-order valence-electron chi connectivity index (χ0n) is 14.5. The van der Waals surface area contributed by atoms with E-state index in [9.17, 15) is 10.2 Å². The quantitative estimate of drug-likeness (QED) is 0.376. The second-order valence-corrected chi connectivity index (χ2v) is 9.31. The molecule has 0 fully saturated rings. The third kappa shape index (κ3) is 4.90. The van der Waals surface area contributed by atoms with Crippen LogP contribution in [-0.2, 0) is 0 Å². The van der Waals surface area contributed by atoms with Crippen LogP contribution in [0.25, 0.3) is 0 Å². The van der Waals surface area contributed by atoms with E-state index >= 15 is 0 Å². The predicted octanol–water partition coefficient (Wildman–Crippen LogP) is 6.92. The Bertz CT molecular complexity index is 752. The second-order valence-electron chi connectivity index (χ2n) is 6.44. The van der Waals surface area contributed by atoms with E-state index in [-0.39, 0.29) is 11.8 Å². The molecular weight excluding hydrogens is 563 g/mol. The van der Waals surface area contributed by atoms with Gasteiger partial charge in [-0.1, -0.05) is 20.8 Å². The van der Waals surface area contributed by atoms with Crippen molar-refractivity contribution in [1.82, 2.24) is 0 Å². The fraction of sp³-hybridized carbons (Fsp3) is 0.368. The summed E-state index contributed by atoms with van der Waals surface area (Å²) in [6.45, 7) is 7.83. The number of aliphatic hydroxyl groups is 1. The predicted molar refractivity (Wildman–Crippen MR) is 117 cm³/mol. The van der Waals surface area contributed by atoms with Crippen molar-refractivity contribution >= 4 is 54.5 Å². The maximum Gasteiger partial charge on any atom is 0.155 e. The molecule has 136 valence electrons. The third-order valence-corrected chi connectivity index (χ3v) is 6.18. The normalized spacial score (nSPS) is 13.8. The average molecular weight is 584 g/mol. The van der Waals surface area contributed by atoms with Gasteiger partial charge in [0.2, 0.25) is 0 Å². The minimum absolute atomic E-state index is 0.0174. The highest BCUT2D eigenvalue weighted by Crippen LogP contribution is 2.42. The van der Waals surface area contributed by atoms with E-state index < -0.39 is 6.10 Å². The monoisotopic (exact) mass is 582 g/mol. The molecule has 0 aromatic heterocycles. The molecule has 2 unspecified atom stereocenters. The third-order valence-electron chi connectivity index (χ3n) is 4.18. The number of phenolic OH excluding ortho intramolecular Hbond substituents is 1. The van der Waals surface area contributed by atoms with E-state index in [1.54, 1.807) is 6.92 Å². The molecule has 2 aromatic rings. The lowest BCUT2D eigenvalue weighted by Crippen LogP contribution is -2.11. The fourth-order valence-electron chi connectivity index (χ4n) is 2.43.